The number of aryl methyl sites for hydroxylation is 1. The smallest absolute Gasteiger partial charge is 0.276 e. The Kier molecular flexibility index (Phi) is 3.60. The van der Waals surface area contributed by atoms with Gasteiger partial charge in [-0.05, 0) is 37.5 Å². The lowest BCUT2D eigenvalue weighted by Gasteiger charge is -2.32. The molecule has 0 radical (unpaired) electrons. The molecule has 1 amide bonds. The Morgan fingerprint density at radius 3 is 3.05 bits per heavy atom. The number of rotatable bonds is 2. The van der Waals surface area contributed by atoms with Crippen LogP contribution in [-0.2, 0) is 0 Å². The van der Waals surface area contributed by atoms with Crippen LogP contribution in [0.4, 0.5) is 0 Å². The molecule has 6 heteroatoms. The fourth-order valence-electron chi connectivity index (χ4n) is 2.70. The first kappa shape index (κ1) is 13.6. The second kappa shape index (κ2) is 5.55. The van der Waals surface area contributed by atoms with Gasteiger partial charge in [-0.3, -0.25) is 9.48 Å². The third kappa shape index (κ3) is 2.74. The molecule has 0 saturated carbocycles. The third-order valence-corrected chi connectivity index (χ3v) is 3.78. The molecule has 0 spiro atoms. The summed E-state index contributed by atoms with van der Waals surface area (Å²) >= 11 is 0. The number of aromatic hydroxyl groups is 1. The average molecular weight is 286 g/mol. The van der Waals surface area contributed by atoms with E-state index >= 15 is 0 Å². The van der Waals surface area contributed by atoms with Gasteiger partial charge in [-0.1, -0.05) is 0 Å². The molecule has 6 nitrogen and oxygen atoms in total. The van der Waals surface area contributed by atoms with Crippen LogP contribution in [0.2, 0.25) is 0 Å². The average Bonchev–Trinajstić information content (AvgIpc) is 2.94. The molecule has 1 aliphatic rings. The monoisotopic (exact) mass is 286 g/mol. The van der Waals surface area contributed by atoms with E-state index < -0.39 is 0 Å². The Balaban J connectivity index is 1.77. The number of pyridine rings is 1. The van der Waals surface area contributed by atoms with Crippen molar-refractivity contribution in [3.63, 3.8) is 0 Å². The molecule has 3 heterocycles. The van der Waals surface area contributed by atoms with Crippen LogP contribution in [0, 0.1) is 6.92 Å². The number of hydrogen-bond acceptors (Lipinski definition) is 4. The summed E-state index contributed by atoms with van der Waals surface area (Å²) in [7, 11) is 0. The number of piperidine rings is 1. The Hall–Kier alpha value is -2.37. The quantitative estimate of drug-likeness (QED) is 0.913. The largest absolute Gasteiger partial charge is 0.505 e. The summed E-state index contributed by atoms with van der Waals surface area (Å²) in [5, 5.41) is 14.1. The highest BCUT2D eigenvalue weighted by molar-refractivity contribution is 5.94. The van der Waals surface area contributed by atoms with Crippen LogP contribution in [0.1, 0.15) is 34.9 Å². The highest BCUT2D eigenvalue weighted by atomic mass is 16.3. The second-order valence-corrected chi connectivity index (χ2v) is 5.42. The maximum Gasteiger partial charge on any atom is 0.276 e. The van der Waals surface area contributed by atoms with Crippen LogP contribution in [0.3, 0.4) is 0 Å². The zero-order valence-electron chi connectivity index (χ0n) is 11.9. The molecule has 1 unspecified atom stereocenters. The van der Waals surface area contributed by atoms with Gasteiger partial charge in [0.1, 0.15) is 5.75 Å². The molecule has 2 aromatic heterocycles. The van der Waals surface area contributed by atoms with Gasteiger partial charge in [-0.15, -0.1) is 0 Å². The number of aromatic nitrogens is 3. The summed E-state index contributed by atoms with van der Waals surface area (Å²) in [6.45, 7) is 3.28. The topological polar surface area (TPSA) is 71.2 Å². The lowest BCUT2D eigenvalue weighted by molar-refractivity contribution is 0.0663. The van der Waals surface area contributed by atoms with E-state index in [2.05, 4.69) is 10.1 Å². The van der Waals surface area contributed by atoms with Gasteiger partial charge in [0, 0.05) is 25.5 Å². The van der Waals surface area contributed by atoms with Crippen molar-refractivity contribution >= 4 is 5.91 Å². The molecular weight excluding hydrogens is 268 g/mol. The Morgan fingerprint density at radius 1 is 1.48 bits per heavy atom. The summed E-state index contributed by atoms with van der Waals surface area (Å²) in [4.78, 5) is 18.2. The lowest BCUT2D eigenvalue weighted by Crippen LogP contribution is -2.41. The van der Waals surface area contributed by atoms with Gasteiger partial charge >= 0.3 is 0 Å². The molecule has 2 aromatic rings. The highest BCUT2D eigenvalue weighted by Gasteiger charge is 2.27. The van der Waals surface area contributed by atoms with Crippen LogP contribution >= 0.6 is 0 Å². The molecule has 1 atom stereocenters. The Morgan fingerprint density at radius 2 is 2.33 bits per heavy atom. The summed E-state index contributed by atoms with van der Waals surface area (Å²) in [5.41, 5.74) is 1.23. The molecule has 110 valence electrons. The number of likely N-dealkylation sites (tertiary alicyclic amines) is 1. The van der Waals surface area contributed by atoms with Gasteiger partial charge in [0.25, 0.3) is 5.91 Å². The first-order valence-corrected chi connectivity index (χ1v) is 7.09. The molecular formula is C15H18N4O2. The molecule has 3 rings (SSSR count). The molecule has 0 aliphatic carbocycles. The minimum absolute atomic E-state index is 0.0699. The molecule has 1 saturated heterocycles. The van der Waals surface area contributed by atoms with Crippen LogP contribution in [0.15, 0.2) is 30.7 Å². The first-order chi connectivity index (χ1) is 10.1. The second-order valence-electron chi connectivity index (χ2n) is 5.42. The lowest BCUT2D eigenvalue weighted by atomic mass is 10.1. The van der Waals surface area contributed by atoms with Crippen molar-refractivity contribution in [2.75, 3.05) is 13.1 Å². The summed E-state index contributed by atoms with van der Waals surface area (Å²) in [6.07, 6.45) is 7.26. The van der Waals surface area contributed by atoms with Crippen molar-refractivity contribution in [3.05, 3.63) is 42.0 Å². The van der Waals surface area contributed by atoms with Crippen LogP contribution in [-0.4, -0.2) is 43.8 Å². The van der Waals surface area contributed by atoms with Gasteiger partial charge in [-0.2, -0.15) is 5.10 Å². The van der Waals surface area contributed by atoms with Gasteiger partial charge in [0.2, 0.25) is 0 Å². The number of amides is 1. The van der Waals surface area contributed by atoms with Crippen molar-refractivity contribution in [2.45, 2.75) is 25.8 Å². The zero-order valence-corrected chi connectivity index (χ0v) is 11.9. The zero-order chi connectivity index (χ0) is 14.8. The Labute approximate surface area is 123 Å². The van der Waals surface area contributed by atoms with Gasteiger partial charge in [0.05, 0.1) is 12.2 Å². The fourth-order valence-corrected chi connectivity index (χ4v) is 2.70. The molecule has 0 bridgehead atoms. The highest BCUT2D eigenvalue weighted by Crippen LogP contribution is 2.24. The number of nitrogens with zero attached hydrogens (tertiary/aromatic N) is 4. The van der Waals surface area contributed by atoms with E-state index in [0.29, 0.717) is 13.1 Å². The van der Waals surface area contributed by atoms with Crippen molar-refractivity contribution < 1.29 is 9.90 Å². The van der Waals surface area contributed by atoms with E-state index in [1.54, 1.807) is 11.0 Å². The standard InChI is InChI=1S/C15H18N4O2/c1-11-8-17-19(9-11)12-4-3-7-18(10-12)15(21)14-13(20)5-2-6-16-14/h2,5-6,8-9,12,20H,3-4,7,10H2,1H3. The molecule has 1 fully saturated rings. The number of carbonyl (C=O) groups is 1. The van der Waals surface area contributed by atoms with Crippen molar-refractivity contribution in [1.29, 1.82) is 0 Å². The summed E-state index contributed by atoms with van der Waals surface area (Å²) in [5.74, 6) is -0.291. The third-order valence-electron chi connectivity index (χ3n) is 3.78. The van der Waals surface area contributed by atoms with E-state index in [-0.39, 0.29) is 23.4 Å². The number of carbonyl (C=O) groups excluding carboxylic acids is 1. The first-order valence-electron chi connectivity index (χ1n) is 7.09. The van der Waals surface area contributed by atoms with Crippen molar-refractivity contribution in [2.24, 2.45) is 0 Å². The van der Waals surface area contributed by atoms with E-state index in [9.17, 15) is 9.90 Å². The predicted molar refractivity (Wildman–Crippen MR) is 77.0 cm³/mol. The van der Waals surface area contributed by atoms with E-state index in [1.165, 1.54) is 12.3 Å². The van der Waals surface area contributed by atoms with Crippen LogP contribution in [0.5, 0.6) is 5.75 Å². The van der Waals surface area contributed by atoms with Gasteiger partial charge in [0.15, 0.2) is 5.69 Å². The minimum atomic E-state index is -0.221. The SMILES string of the molecule is Cc1cnn(C2CCCN(C(=O)c3ncccc3O)C2)c1. The molecule has 1 N–H and O–H groups in total. The molecule has 0 aromatic carbocycles. The van der Waals surface area contributed by atoms with Gasteiger partial charge < -0.3 is 10.0 Å². The van der Waals surface area contributed by atoms with Crippen LogP contribution in [0.25, 0.3) is 0 Å². The maximum atomic E-state index is 12.5. The molecule has 1 aliphatic heterocycles. The minimum Gasteiger partial charge on any atom is -0.505 e. The van der Waals surface area contributed by atoms with Crippen molar-refractivity contribution in [3.8, 4) is 5.75 Å². The van der Waals surface area contributed by atoms with E-state index in [0.717, 1.165) is 18.4 Å². The normalized spacial score (nSPS) is 18.7. The summed E-state index contributed by atoms with van der Waals surface area (Å²) in [6, 6.07) is 3.28. The Bertz CT molecular complexity index is 653. The van der Waals surface area contributed by atoms with Crippen LogP contribution < -0.4 is 0 Å². The van der Waals surface area contributed by atoms with E-state index in [4.69, 9.17) is 0 Å². The molecule has 21 heavy (non-hydrogen) atoms. The predicted octanol–water partition coefficient (Wildman–Crippen LogP) is 1.77. The summed E-state index contributed by atoms with van der Waals surface area (Å²) < 4.78 is 1.92. The van der Waals surface area contributed by atoms with Crippen molar-refractivity contribution in [1.82, 2.24) is 19.7 Å². The van der Waals surface area contributed by atoms with Gasteiger partial charge in [-0.25, -0.2) is 4.98 Å². The van der Waals surface area contributed by atoms with E-state index in [1.807, 2.05) is 24.0 Å². The maximum absolute atomic E-state index is 12.5. The fraction of sp³-hybridized carbons (Fsp3) is 0.400. The number of hydrogen-bond donors (Lipinski definition) is 1.